The number of rotatable bonds is 2. The van der Waals surface area contributed by atoms with Crippen molar-refractivity contribution in [2.75, 3.05) is 0 Å². The summed E-state index contributed by atoms with van der Waals surface area (Å²) in [5, 5.41) is 0.791. The van der Waals surface area contributed by atoms with Crippen molar-refractivity contribution in [3.8, 4) is 0 Å². The van der Waals surface area contributed by atoms with Crippen LogP contribution < -0.4 is 0 Å². The molecule has 0 saturated carbocycles. The molecule has 1 nitrogen and oxygen atoms in total. The summed E-state index contributed by atoms with van der Waals surface area (Å²) >= 11 is 5.83. The molecule has 0 aromatic heterocycles. The molecule has 1 aliphatic heterocycles. The third kappa shape index (κ3) is 2.02. The zero-order valence-corrected chi connectivity index (χ0v) is 10.5. The Morgan fingerprint density at radius 1 is 1.14 bits per heavy atom. The fourth-order valence-corrected chi connectivity index (χ4v) is 3.46. The van der Waals surface area contributed by atoms with Gasteiger partial charge >= 0.3 is 0 Å². The van der Waals surface area contributed by atoms with Crippen molar-refractivity contribution in [2.45, 2.75) is 31.5 Å². The van der Waals surface area contributed by atoms with Crippen LogP contribution in [0.5, 0.6) is 0 Å². The lowest BCUT2D eigenvalue weighted by Crippen LogP contribution is -2.29. The third-order valence-electron chi connectivity index (χ3n) is 2.54. The van der Waals surface area contributed by atoms with Gasteiger partial charge in [0.25, 0.3) is 0 Å². The minimum atomic E-state index is -1.14. The molecule has 2 atom stereocenters. The Hall–Kier alpha value is -0.313. The average molecular weight is 227 g/mol. The lowest BCUT2D eigenvalue weighted by atomic mass is 10.2. The van der Waals surface area contributed by atoms with Gasteiger partial charge in [-0.25, -0.2) is 0 Å². The minimum absolute atomic E-state index is 0.332. The van der Waals surface area contributed by atoms with Gasteiger partial charge in [0.2, 0.25) is 0 Å². The van der Waals surface area contributed by atoms with E-state index in [0.717, 1.165) is 5.02 Å². The molecule has 0 bridgehead atoms. The van der Waals surface area contributed by atoms with E-state index < -0.39 is 8.07 Å². The van der Waals surface area contributed by atoms with Crippen LogP contribution in [0.1, 0.15) is 11.7 Å². The summed E-state index contributed by atoms with van der Waals surface area (Å²) in [7, 11) is -1.14. The van der Waals surface area contributed by atoms with E-state index >= 15 is 0 Å². The summed E-state index contributed by atoms with van der Waals surface area (Å²) in [6.45, 7) is 7.02. The zero-order valence-electron chi connectivity index (χ0n) is 8.75. The largest absolute Gasteiger partial charge is 0.368 e. The number of ether oxygens (including phenoxy) is 1. The van der Waals surface area contributed by atoms with E-state index in [0.29, 0.717) is 11.8 Å². The van der Waals surface area contributed by atoms with Gasteiger partial charge in [-0.1, -0.05) is 43.4 Å². The summed E-state index contributed by atoms with van der Waals surface area (Å²) in [4.78, 5) is 0. The van der Waals surface area contributed by atoms with Crippen LogP contribution >= 0.6 is 11.6 Å². The van der Waals surface area contributed by atoms with Crippen LogP contribution in [0, 0.1) is 0 Å². The summed E-state index contributed by atoms with van der Waals surface area (Å²) in [6, 6.07) is 7.99. The van der Waals surface area contributed by atoms with Crippen molar-refractivity contribution < 1.29 is 4.74 Å². The second-order valence-electron chi connectivity index (χ2n) is 4.89. The molecule has 0 amide bonds. The Labute approximate surface area is 91.0 Å². The van der Waals surface area contributed by atoms with Gasteiger partial charge in [0.05, 0.1) is 13.8 Å². The monoisotopic (exact) mass is 226 g/mol. The highest BCUT2D eigenvalue weighted by molar-refractivity contribution is 6.78. The van der Waals surface area contributed by atoms with Crippen molar-refractivity contribution >= 4 is 19.7 Å². The molecule has 1 aromatic rings. The first-order valence-corrected chi connectivity index (χ1v) is 8.85. The molecule has 0 unspecified atom stereocenters. The van der Waals surface area contributed by atoms with Crippen molar-refractivity contribution in [3.05, 3.63) is 34.9 Å². The first kappa shape index (κ1) is 10.2. The van der Waals surface area contributed by atoms with Gasteiger partial charge in [-0.2, -0.15) is 0 Å². The van der Waals surface area contributed by atoms with Crippen LogP contribution in [0.4, 0.5) is 0 Å². The normalized spacial score (nSPS) is 26.3. The smallest absolute Gasteiger partial charge is 0.106 e. The van der Waals surface area contributed by atoms with Crippen molar-refractivity contribution in [3.63, 3.8) is 0 Å². The topological polar surface area (TPSA) is 12.5 Å². The predicted octanol–water partition coefficient (Wildman–Crippen LogP) is 3.66. The number of hydrogen-bond donors (Lipinski definition) is 0. The van der Waals surface area contributed by atoms with Crippen LogP contribution in [0.3, 0.4) is 0 Å². The highest BCUT2D eigenvalue weighted by Gasteiger charge is 2.48. The Morgan fingerprint density at radius 3 is 2.14 bits per heavy atom. The maximum atomic E-state index is 5.83. The Kier molecular flexibility index (Phi) is 2.46. The predicted molar refractivity (Wildman–Crippen MR) is 62.4 cm³/mol. The van der Waals surface area contributed by atoms with Crippen LogP contribution in [0.15, 0.2) is 24.3 Å². The zero-order chi connectivity index (χ0) is 10.3. The van der Waals surface area contributed by atoms with E-state index in [1.165, 1.54) is 5.56 Å². The van der Waals surface area contributed by atoms with Gasteiger partial charge in [0, 0.05) is 5.02 Å². The summed E-state index contributed by atoms with van der Waals surface area (Å²) < 4.78 is 5.73. The highest BCUT2D eigenvalue weighted by atomic mass is 35.5. The second-order valence-corrected chi connectivity index (χ2v) is 10.6. The SMILES string of the molecule is C[Si](C)(C)[C@H]1O[C@@H]1c1ccc(Cl)cc1. The molecule has 14 heavy (non-hydrogen) atoms. The van der Waals surface area contributed by atoms with Gasteiger partial charge in [-0.15, -0.1) is 0 Å². The van der Waals surface area contributed by atoms with Crippen molar-refractivity contribution in [2.24, 2.45) is 0 Å². The van der Waals surface area contributed by atoms with Gasteiger partial charge in [0.15, 0.2) is 0 Å². The Bertz CT molecular complexity index is 328. The maximum Gasteiger partial charge on any atom is 0.106 e. The number of epoxide rings is 1. The molecular weight excluding hydrogens is 212 g/mol. The molecule has 1 saturated heterocycles. The highest BCUT2D eigenvalue weighted by Crippen LogP contribution is 2.44. The molecule has 0 radical (unpaired) electrons. The Balaban J connectivity index is 2.10. The maximum absolute atomic E-state index is 5.83. The molecule has 3 heteroatoms. The number of halogens is 1. The molecule has 76 valence electrons. The van der Waals surface area contributed by atoms with Crippen LogP contribution in [0.2, 0.25) is 24.7 Å². The first-order valence-electron chi connectivity index (χ1n) is 4.89. The van der Waals surface area contributed by atoms with Crippen molar-refractivity contribution in [1.29, 1.82) is 0 Å². The molecule has 1 heterocycles. The van der Waals surface area contributed by atoms with E-state index in [9.17, 15) is 0 Å². The quantitative estimate of drug-likeness (QED) is 0.554. The Morgan fingerprint density at radius 2 is 1.71 bits per heavy atom. The number of benzene rings is 1. The molecule has 1 fully saturated rings. The molecule has 0 spiro atoms. The average Bonchev–Trinajstić information content (AvgIpc) is 2.83. The van der Waals surface area contributed by atoms with Crippen LogP contribution in [0.25, 0.3) is 0 Å². The van der Waals surface area contributed by atoms with E-state index in [2.05, 4.69) is 31.8 Å². The second kappa shape index (κ2) is 3.37. The van der Waals surface area contributed by atoms with Crippen LogP contribution in [-0.4, -0.2) is 13.8 Å². The van der Waals surface area contributed by atoms with E-state index in [1.54, 1.807) is 0 Å². The van der Waals surface area contributed by atoms with Gasteiger partial charge in [-0.3, -0.25) is 0 Å². The van der Waals surface area contributed by atoms with E-state index in [-0.39, 0.29) is 0 Å². The summed E-state index contributed by atoms with van der Waals surface area (Å²) in [6.07, 6.45) is 0.332. The molecule has 0 N–H and O–H groups in total. The van der Waals surface area contributed by atoms with E-state index in [1.807, 2.05) is 12.1 Å². The summed E-state index contributed by atoms with van der Waals surface area (Å²) in [5.41, 5.74) is 1.76. The molecule has 2 rings (SSSR count). The third-order valence-corrected chi connectivity index (χ3v) is 4.94. The first-order chi connectivity index (χ1) is 6.48. The minimum Gasteiger partial charge on any atom is -0.368 e. The van der Waals surface area contributed by atoms with Crippen molar-refractivity contribution in [1.82, 2.24) is 0 Å². The fourth-order valence-electron chi connectivity index (χ4n) is 1.68. The lowest BCUT2D eigenvalue weighted by molar-refractivity contribution is 0.400. The number of hydrogen-bond acceptors (Lipinski definition) is 1. The van der Waals surface area contributed by atoms with Gasteiger partial charge in [0.1, 0.15) is 6.10 Å². The molecule has 1 aliphatic rings. The van der Waals surface area contributed by atoms with Crippen LogP contribution in [-0.2, 0) is 4.74 Å². The van der Waals surface area contributed by atoms with Gasteiger partial charge < -0.3 is 4.74 Å². The lowest BCUT2D eigenvalue weighted by Gasteiger charge is -2.11. The molecule has 0 aliphatic carbocycles. The summed E-state index contributed by atoms with van der Waals surface area (Å²) in [5.74, 6) is 0. The fraction of sp³-hybridized carbons (Fsp3) is 0.455. The standard InChI is InChI=1S/C11H15ClOSi/c1-14(2,3)11-10(13-11)8-4-6-9(12)7-5-8/h4-7,10-11H,1-3H3/t10-,11-/m1/s1. The molecule has 1 aromatic carbocycles. The molecular formula is C11H15ClOSi. The van der Waals surface area contributed by atoms with E-state index in [4.69, 9.17) is 16.3 Å². The van der Waals surface area contributed by atoms with Gasteiger partial charge in [-0.05, 0) is 17.7 Å².